The number of thiophene rings is 1. The van der Waals surface area contributed by atoms with Gasteiger partial charge in [-0.1, -0.05) is 60.7 Å². The summed E-state index contributed by atoms with van der Waals surface area (Å²) in [6.45, 7) is 0. The van der Waals surface area contributed by atoms with Crippen molar-refractivity contribution in [1.29, 1.82) is 0 Å². The number of rotatable bonds is 3. The summed E-state index contributed by atoms with van der Waals surface area (Å²) in [5.74, 6) is 0. The Hall–Kier alpha value is -5.65. The fraction of sp³-hybridized carbons (Fsp3) is 0.0250. The largest absolute Gasteiger partial charge is 0.318 e. The number of aromatic nitrogens is 3. The Morgan fingerprint density at radius 2 is 1.40 bits per heavy atom. The van der Waals surface area contributed by atoms with E-state index in [0.29, 0.717) is 0 Å². The van der Waals surface area contributed by atoms with E-state index in [-0.39, 0.29) is 6.04 Å². The molecule has 0 saturated heterocycles. The molecule has 4 nitrogen and oxygen atoms in total. The first-order valence-corrected chi connectivity index (χ1v) is 16.0. The van der Waals surface area contributed by atoms with E-state index in [1.54, 1.807) is 0 Å². The molecule has 1 aliphatic heterocycles. The van der Waals surface area contributed by atoms with Crippen molar-refractivity contribution in [2.75, 3.05) is 0 Å². The topological polar surface area (TPSA) is 33.7 Å². The molecule has 10 rings (SSSR count). The minimum Gasteiger partial charge on any atom is -0.318 e. The van der Waals surface area contributed by atoms with Crippen molar-refractivity contribution in [3.05, 3.63) is 146 Å². The predicted octanol–water partition coefficient (Wildman–Crippen LogP) is 10.2. The molecule has 4 aromatic carbocycles. The van der Waals surface area contributed by atoms with Crippen LogP contribution >= 0.6 is 11.3 Å². The average Bonchev–Trinajstić information content (AvgIpc) is 3.64. The van der Waals surface area contributed by atoms with Crippen LogP contribution < -0.4 is 4.58 Å². The maximum absolute atomic E-state index is 4.44. The number of allylic oxidation sites excluding steroid dienone is 4. The smallest absolute Gasteiger partial charge is 0.235 e. The van der Waals surface area contributed by atoms with Gasteiger partial charge in [0.25, 0.3) is 0 Å². The molecule has 5 heterocycles. The second kappa shape index (κ2) is 9.42. The molecule has 0 fully saturated rings. The van der Waals surface area contributed by atoms with Crippen LogP contribution in [0, 0.1) is 0 Å². The number of benzene rings is 4. The molecule has 0 saturated carbocycles. The van der Waals surface area contributed by atoms with Gasteiger partial charge in [-0.15, -0.1) is 11.3 Å². The first-order valence-electron chi connectivity index (χ1n) is 15.2. The van der Waals surface area contributed by atoms with Crippen LogP contribution in [-0.2, 0) is 0 Å². The van der Waals surface area contributed by atoms with Crippen LogP contribution in [0.2, 0.25) is 0 Å². The van der Waals surface area contributed by atoms with Crippen molar-refractivity contribution >= 4 is 70.4 Å². The van der Waals surface area contributed by atoms with Gasteiger partial charge in [-0.25, -0.2) is 0 Å². The Balaban J connectivity index is 1.29. The summed E-state index contributed by atoms with van der Waals surface area (Å²) >= 11 is 1.88. The van der Waals surface area contributed by atoms with E-state index in [0.717, 1.165) is 27.9 Å². The predicted molar refractivity (Wildman–Crippen MR) is 189 cm³/mol. The molecule has 1 atom stereocenters. The average molecular weight is 594 g/mol. The molecule has 1 unspecified atom stereocenters. The molecule has 0 amide bonds. The summed E-state index contributed by atoms with van der Waals surface area (Å²) < 4.78 is 7.68. The van der Waals surface area contributed by atoms with Crippen molar-refractivity contribution in [1.82, 2.24) is 19.1 Å². The summed E-state index contributed by atoms with van der Waals surface area (Å²) in [4.78, 5) is 8.88. The molecule has 2 aliphatic rings. The molecule has 4 aromatic heterocycles. The quantitative estimate of drug-likeness (QED) is 0.191. The second-order valence-corrected chi connectivity index (χ2v) is 12.8. The van der Waals surface area contributed by atoms with E-state index < -0.39 is 0 Å². The van der Waals surface area contributed by atoms with Gasteiger partial charge in [0.1, 0.15) is 11.6 Å². The van der Waals surface area contributed by atoms with Gasteiger partial charge in [-0.05, 0) is 47.5 Å². The third-order valence-electron chi connectivity index (χ3n) is 9.22. The van der Waals surface area contributed by atoms with Crippen LogP contribution in [0.1, 0.15) is 6.04 Å². The zero-order valence-corrected chi connectivity index (χ0v) is 24.9. The van der Waals surface area contributed by atoms with E-state index >= 15 is 0 Å². The van der Waals surface area contributed by atoms with Crippen LogP contribution in [0.3, 0.4) is 0 Å². The third kappa shape index (κ3) is 3.62. The van der Waals surface area contributed by atoms with Gasteiger partial charge in [-0.3, -0.25) is 9.97 Å². The highest BCUT2D eigenvalue weighted by Crippen LogP contribution is 2.46. The van der Waals surface area contributed by atoms with Crippen molar-refractivity contribution in [2.24, 2.45) is 0 Å². The highest BCUT2D eigenvalue weighted by molar-refractivity contribution is 7.25. The van der Waals surface area contributed by atoms with Crippen LogP contribution in [0.5, 0.6) is 0 Å². The van der Waals surface area contributed by atoms with Crippen LogP contribution in [0.15, 0.2) is 146 Å². The molecule has 210 valence electrons. The zero-order valence-electron chi connectivity index (χ0n) is 24.1. The van der Waals surface area contributed by atoms with Crippen LogP contribution in [0.4, 0.5) is 11.4 Å². The van der Waals surface area contributed by atoms with E-state index in [2.05, 4.69) is 128 Å². The number of pyridine rings is 2. The highest BCUT2D eigenvalue weighted by atomic mass is 32.1. The van der Waals surface area contributed by atoms with E-state index in [4.69, 9.17) is 0 Å². The molecular weight excluding hydrogens is 569 g/mol. The van der Waals surface area contributed by atoms with Crippen molar-refractivity contribution in [2.45, 2.75) is 6.04 Å². The molecule has 0 N–H and O–H groups in total. The molecular formula is C40H25N4S+. The lowest BCUT2D eigenvalue weighted by molar-refractivity contribution is 0.781. The first kappa shape index (κ1) is 24.8. The van der Waals surface area contributed by atoms with Crippen molar-refractivity contribution in [3.63, 3.8) is 0 Å². The van der Waals surface area contributed by atoms with Gasteiger partial charge < -0.3 is 4.57 Å². The Labute approximate surface area is 263 Å². The highest BCUT2D eigenvalue weighted by Gasteiger charge is 2.37. The Morgan fingerprint density at radius 1 is 0.622 bits per heavy atom. The Bertz CT molecular complexity index is 2530. The zero-order chi connectivity index (χ0) is 29.5. The number of hydrogen-bond donors (Lipinski definition) is 0. The lowest BCUT2D eigenvalue weighted by Crippen LogP contribution is -2.30. The Kier molecular flexibility index (Phi) is 5.18. The van der Waals surface area contributed by atoms with E-state index in [9.17, 15) is 0 Å². The second-order valence-electron chi connectivity index (χ2n) is 11.7. The number of nitrogens with zero attached hydrogens (tertiary/aromatic N) is 4. The fourth-order valence-electron chi connectivity index (χ4n) is 7.28. The number of fused-ring (bicyclic) bond motifs is 8. The van der Waals surface area contributed by atoms with Crippen LogP contribution in [-0.4, -0.2) is 20.2 Å². The van der Waals surface area contributed by atoms with E-state index in [1.807, 2.05) is 48.3 Å². The number of para-hydroxylation sites is 1. The summed E-state index contributed by atoms with van der Waals surface area (Å²) in [6.07, 6.45) is 16.5. The van der Waals surface area contributed by atoms with Gasteiger partial charge >= 0.3 is 0 Å². The number of hydrogen-bond acceptors (Lipinski definition) is 3. The minimum atomic E-state index is 0.0561. The monoisotopic (exact) mass is 593 g/mol. The standard InChI is InChI=1S/C40H25N4S/c1-4-15-38-30(10-1)33-21-32-31-11-5-14-36-40(31)44(37(32)22-39(33)45-38)35-13-3-2-12-34(35)43(36)29-19-27(25-8-6-16-41-23-25)18-28(20-29)26-9-7-17-42-24-26/h1-24,35H/q+1. The van der Waals surface area contributed by atoms with E-state index in [1.165, 1.54) is 53.4 Å². The molecule has 1 aliphatic carbocycles. The fourth-order valence-corrected chi connectivity index (χ4v) is 8.40. The summed E-state index contributed by atoms with van der Waals surface area (Å²) in [5.41, 5.74) is 10.5. The maximum Gasteiger partial charge on any atom is 0.235 e. The molecule has 8 aromatic rings. The van der Waals surface area contributed by atoms with Crippen molar-refractivity contribution < 1.29 is 0 Å². The first-order chi connectivity index (χ1) is 22.3. The third-order valence-corrected chi connectivity index (χ3v) is 10.4. The molecule has 45 heavy (non-hydrogen) atoms. The maximum atomic E-state index is 4.44. The van der Waals surface area contributed by atoms with Gasteiger partial charge in [0.2, 0.25) is 17.1 Å². The molecule has 0 bridgehead atoms. The Morgan fingerprint density at radius 3 is 2.18 bits per heavy atom. The summed E-state index contributed by atoms with van der Waals surface area (Å²) in [7, 11) is 0. The van der Waals surface area contributed by atoms with Crippen molar-refractivity contribution in [3.8, 4) is 22.3 Å². The molecule has 5 heteroatoms. The van der Waals surface area contributed by atoms with Crippen LogP contribution in [0.25, 0.3) is 64.2 Å². The summed E-state index contributed by atoms with van der Waals surface area (Å²) in [6, 6.07) is 35.5. The summed E-state index contributed by atoms with van der Waals surface area (Å²) in [5, 5.41) is 5.24. The normalized spacial score (nSPS) is 15.5. The van der Waals surface area contributed by atoms with Gasteiger partial charge in [-0.2, -0.15) is 4.58 Å². The minimum absolute atomic E-state index is 0.0561. The lowest BCUT2D eigenvalue weighted by atomic mass is 9.97. The van der Waals surface area contributed by atoms with Gasteiger partial charge in [0, 0.05) is 91.1 Å². The van der Waals surface area contributed by atoms with Gasteiger partial charge in [0.05, 0.1) is 5.52 Å². The molecule has 0 radical (unpaired) electrons. The lowest BCUT2D eigenvalue weighted by Gasteiger charge is -2.25. The SMILES string of the molecule is C1=CC2=[N+](c3cc(-c4cccnc4)cc(-c4cccnc4)c3)c3cccc4c5cc6c(cc5n(c34)C2C=C1)sc1ccccc16. The molecule has 0 spiro atoms. The van der Waals surface area contributed by atoms with Gasteiger partial charge in [0.15, 0.2) is 0 Å².